The summed E-state index contributed by atoms with van der Waals surface area (Å²) < 4.78 is 32.5. The molecule has 24 rings (SSSR count). The standard InChI is InChI=1S/C102H62N8O4/c1-5-22-59(23-6-1)97-103-99(65-42-47-71-70-32-15-18-41-89(70)111-92(71)56-65)107-100(104-97)77-38-21-35-74-84-57-78(63-44-49-88-81(54-63)69-31-14-17-40-86(69)110(88)67-28-11-4-12-29-67)79(58-93(84)114-96(74)77)64-46-51-91-83(55-64)73-34-20-37-76(95(73)113-91)102-106-98(60-24-7-2-8-25-60)105-101(108-102)75-36-19-33-72-82-53-62(45-50-90(82)112-94(72)75)61-43-48-87-80(52-61)68-30-13-16-39-85(68)109(87)66-26-9-3-10-27-66/h1-58,99,102H,(H,103,104,107)(H,105,106,108). The molecule has 2 unspecified atom stereocenters. The molecule has 0 bridgehead atoms. The van der Waals surface area contributed by atoms with Crippen molar-refractivity contribution in [2.45, 2.75) is 12.3 Å². The molecule has 6 aromatic heterocycles. The zero-order valence-corrected chi connectivity index (χ0v) is 61.0. The molecular formula is C102H62N8O4. The zero-order chi connectivity index (χ0) is 74.6. The Balaban J connectivity index is 0.640. The number of amidine groups is 4. The van der Waals surface area contributed by atoms with Crippen molar-refractivity contribution in [2.24, 2.45) is 20.0 Å². The first-order valence-electron chi connectivity index (χ1n) is 38.4. The van der Waals surface area contributed by atoms with Gasteiger partial charge in [-0.2, -0.15) is 0 Å². The van der Waals surface area contributed by atoms with Crippen LogP contribution in [0.25, 0.3) is 176 Å². The highest BCUT2D eigenvalue weighted by atomic mass is 16.3. The molecule has 2 atom stereocenters. The molecule has 2 aliphatic rings. The Hall–Kier alpha value is -15.4. The maximum Gasteiger partial charge on any atom is 0.163 e. The molecule has 0 amide bonds. The topological polar surface area (TPSA) is 136 Å². The Morgan fingerprint density at radius 2 is 0.649 bits per heavy atom. The predicted molar refractivity (Wildman–Crippen MR) is 464 cm³/mol. The Morgan fingerprint density at radius 1 is 0.237 bits per heavy atom. The van der Waals surface area contributed by atoms with E-state index in [9.17, 15) is 0 Å². The molecule has 534 valence electrons. The maximum absolute atomic E-state index is 7.30. The molecule has 0 saturated heterocycles. The van der Waals surface area contributed by atoms with Crippen molar-refractivity contribution < 1.29 is 17.7 Å². The molecular weight excluding hydrogens is 1400 g/mol. The molecule has 2 N–H and O–H groups in total. The highest BCUT2D eigenvalue weighted by Gasteiger charge is 2.30. The van der Waals surface area contributed by atoms with E-state index in [-0.39, 0.29) is 0 Å². The second-order valence-electron chi connectivity index (χ2n) is 29.6. The molecule has 12 heteroatoms. The predicted octanol–water partition coefficient (Wildman–Crippen LogP) is 25.5. The summed E-state index contributed by atoms with van der Waals surface area (Å²) in [6.45, 7) is 0. The van der Waals surface area contributed by atoms with Crippen LogP contribution in [0.2, 0.25) is 0 Å². The first-order chi connectivity index (χ1) is 56.5. The zero-order valence-electron chi connectivity index (χ0n) is 61.0. The maximum atomic E-state index is 7.30. The number of hydrogen-bond donors (Lipinski definition) is 2. The molecule has 0 aliphatic carbocycles. The summed E-state index contributed by atoms with van der Waals surface area (Å²) in [7, 11) is 0. The summed E-state index contributed by atoms with van der Waals surface area (Å²) in [6.07, 6.45) is -1.12. The molecule has 0 fully saturated rings. The van der Waals surface area contributed by atoms with Crippen molar-refractivity contribution in [1.82, 2.24) is 19.8 Å². The lowest BCUT2D eigenvalue weighted by Crippen LogP contribution is -2.33. The van der Waals surface area contributed by atoms with Gasteiger partial charge < -0.3 is 37.4 Å². The Bertz CT molecular complexity index is 7930. The minimum Gasteiger partial charge on any atom is -0.456 e. The Morgan fingerprint density at radius 3 is 1.27 bits per heavy atom. The van der Waals surface area contributed by atoms with Crippen molar-refractivity contribution in [2.75, 3.05) is 0 Å². The van der Waals surface area contributed by atoms with E-state index < -0.39 is 12.3 Å². The van der Waals surface area contributed by atoms with Crippen LogP contribution in [0.1, 0.15) is 45.7 Å². The smallest absolute Gasteiger partial charge is 0.163 e. The number of nitrogens with one attached hydrogen (secondary N) is 2. The lowest BCUT2D eigenvalue weighted by Gasteiger charge is -2.23. The van der Waals surface area contributed by atoms with Crippen LogP contribution >= 0.6 is 0 Å². The van der Waals surface area contributed by atoms with Gasteiger partial charge in [-0.3, -0.25) is 0 Å². The second-order valence-corrected chi connectivity index (χ2v) is 29.6. The van der Waals surface area contributed by atoms with Gasteiger partial charge in [0.2, 0.25) is 0 Å². The lowest BCUT2D eigenvalue weighted by molar-refractivity contribution is 0.628. The van der Waals surface area contributed by atoms with Gasteiger partial charge in [-0.1, -0.05) is 231 Å². The van der Waals surface area contributed by atoms with Crippen molar-refractivity contribution in [3.63, 3.8) is 0 Å². The van der Waals surface area contributed by atoms with E-state index >= 15 is 0 Å². The van der Waals surface area contributed by atoms with Crippen LogP contribution in [-0.4, -0.2) is 32.5 Å². The molecule has 0 radical (unpaired) electrons. The summed E-state index contributed by atoms with van der Waals surface area (Å²) in [4.78, 5) is 21.7. The largest absolute Gasteiger partial charge is 0.456 e. The van der Waals surface area contributed by atoms with E-state index in [2.05, 4.69) is 317 Å². The van der Waals surface area contributed by atoms with Crippen LogP contribution in [0.4, 0.5) is 0 Å². The summed E-state index contributed by atoms with van der Waals surface area (Å²) in [5, 5.41) is 20.1. The lowest BCUT2D eigenvalue weighted by atomic mass is 9.91. The van der Waals surface area contributed by atoms with Gasteiger partial charge in [-0.25, -0.2) is 20.0 Å². The number of fused-ring (bicyclic) bond motifs is 18. The van der Waals surface area contributed by atoms with Crippen LogP contribution < -0.4 is 10.6 Å². The van der Waals surface area contributed by atoms with Gasteiger partial charge in [0, 0.05) is 98.3 Å². The fourth-order valence-electron chi connectivity index (χ4n) is 17.7. The fraction of sp³-hybridized carbons (Fsp3) is 0.0196. The summed E-state index contributed by atoms with van der Waals surface area (Å²) in [6, 6.07) is 124. The number of aromatic nitrogens is 2. The van der Waals surface area contributed by atoms with E-state index in [1.807, 2.05) is 54.6 Å². The molecule has 2 aliphatic heterocycles. The van der Waals surface area contributed by atoms with Gasteiger partial charge >= 0.3 is 0 Å². The number of benzene rings is 16. The minimum absolute atomic E-state index is 0.503. The summed E-state index contributed by atoms with van der Waals surface area (Å²) in [5.41, 5.74) is 24.3. The van der Waals surface area contributed by atoms with E-state index in [1.165, 1.54) is 16.3 Å². The summed E-state index contributed by atoms with van der Waals surface area (Å²) in [5.74, 6) is 2.47. The van der Waals surface area contributed by atoms with E-state index in [4.69, 9.17) is 37.6 Å². The van der Waals surface area contributed by atoms with E-state index in [1.54, 1.807) is 0 Å². The number of para-hydroxylation sites is 8. The van der Waals surface area contributed by atoms with Crippen LogP contribution in [0.3, 0.4) is 0 Å². The third-order valence-electron chi connectivity index (χ3n) is 23.1. The van der Waals surface area contributed by atoms with Gasteiger partial charge in [0.1, 0.15) is 62.5 Å². The van der Waals surface area contributed by atoms with Gasteiger partial charge in [0.25, 0.3) is 0 Å². The third kappa shape index (κ3) is 10.0. The van der Waals surface area contributed by atoms with Gasteiger partial charge in [0.15, 0.2) is 17.8 Å². The SMILES string of the molecule is c1ccc(C2=NC(c3cccc4c3oc3cc(-c5ccc6oc7c(C8N=C(c9cccc%10c9oc9ccc(-c%11ccc%12c(c%11)c%11ccccc%11n%12-c%11ccccc%11)cc9%10)N=C(c9ccccc9)N8)cccc7c6c5)c(-c5ccc6c(c5)c5ccccc5n6-c5ccccc5)cc34)=NC(c3ccc4c(c3)oc3ccccc34)N2)cc1. The van der Waals surface area contributed by atoms with Crippen LogP contribution in [0, 0.1) is 0 Å². The second kappa shape index (κ2) is 25.1. The molecule has 12 nitrogen and oxygen atoms in total. The number of hydrogen-bond acceptors (Lipinski definition) is 10. The monoisotopic (exact) mass is 1460 g/mol. The van der Waals surface area contributed by atoms with Crippen LogP contribution in [-0.2, 0) is 0 Å². The highest BCUT2D eigenvalue weighted by Crippen LogP contribution is 2.47. The number of nitrogens with zero attached hydrogens (tertiary/aromatic N) is 6. The van der Waals surface area contributed by atoms with Gasteiger partial charge in [-0.15, -0.1) is 0 Å². The van der Waals surface area contributed by atoms with Crippen molar-refractivity contribution >= 4 is 155 Å². The third-order valence-corrected chi connectivity index (χ3v) is 23.1. The quantitative estimate of drug-likeness (QED) is 0.132. The molecule has 22 aromatic rings. The van der Waals surface area contributed by atoms with Crippen molar-refractivity contribution in [3.8, 4) is 44.8 Å². The summed E-state index contributed by atoms with van der Waals surface area (Å²) >= 11 is 0. The van der Waals surface area contributed by atoms with Crippen molar-refractivity contribution in [3.05, 3.63) is 385 Å². The van der Waals surface area contributed by atoms with E-state index in [0.29, 0.717) is 40.1 Å². The van der Waals surface area contributed by atoms with Crippen molar-refractivity contribution in [1.29, 1.82) is 0 Å². The molecule has 16 aromatic carbocycles. The van der Waals surface area contributed by atoms with Gasteiger partial charge in [0.05, 0.1) is 33.2 Å². The molecule has 114 heavy (non-hydrogen) atoms. The normalized spacial score (nSPS) is 14.7. The molecule has 0 saturated carbocycles. The number of furan rings is 4. The Labute approximate surface area is 650 Å². The molecule has 0 spiro atoms. The van der Waals surface area contributed by atoms with Crippen LogP contribution in [0.5, 0.6) is 0 Å². The first-order valence-corrected chi connectivity index (χ1v) is 38.4. The fourth-order valence-corrected chi connectivity index (χ4v) is 17.7. The van der Waals surface area contributed by atoms with E-state index in [0.717, 1.165) is 176 Å². The van der Waals surface area contributed by atoms with Gasteiger partial charge in [-0.05, 0) is 155 Å². The molecule has 8 heterocycles. The average Bonchev–Trinajstić information content (AvgIpc) is 1.57. The number of aliphatic imine (C=N–C) groups is 4. The minimum atomic E-state index is -0.621. The first kappa shape index (κ1) is 63.5. The van der Waals surface area contributed by atoms with Crippen LogP contribution in [0.15, 0.2) is 389 Å². The highest BCUT2D eigenvalue weighted by molar-refractivity contribution is 6.23. The number of rotatable bonds is 11. The average molecular weight is 1460 g/mol. The Kier molecular flexibility index (Phi) is 14.0.